The molecule has 0 saturated carbocycles. The highest BCUT2D eigenvalue weighted by atomic mass is 35.5. The number of hydrogen-bond donors (Lipinski definition) is 1. The van der Waals surface area contributed by atoms with Gasteiger partial charge in [-0.15, -0.1) is 0 Å². The first-order valence-corrected chi connectivity index (χ1v) is 6.52. The van der Waals surface area contributed by atoms with Crippen molar-refractivity contribution in [3.8, 4) is 0 Å². The summed E-state index contributed by atoms with van der Waals surface area (Å²) in [7, 11) is 1.83. The van der Waals surface area contributed by atoms with Crippen LogP contribution in [0.1, 0.15) is 23.8 Å². The second-order valence-corrected chi connectivity index (χ2v) is 4.75. The molecule has 0 fully saturated rings. The van der Waals surface area contributed by atoms with Crippen molar-refractivity contribution >= 4 is 29.4 Å². The van der Waals surface area contributed by atoms with Crippen LogP contribution >= 0.6 is 11.6 Å². The minimum atomic E-state index is 0.597. The smallest absolute Gasteiger partial charge is 0.128 e. The Bertz CT molecular complexity index is 588. The first kappa shape index (κ1) is 13.7. The maximum atomic E-state index is 5.87. The second kappa shape index (κ2) is 5.95. The Labute approximate surface area is 118 Å². The van der Waals surface area contributed by atoms with Gasteiger partial charge >= 0.3 is 0 Å². The van der Waals surface area contributed by atoms with Crippen molar-refractivity contribution in [2.45, 2.75) is 13.3 Å². The molecular weight excluding hydrogens is 260 g/mol. The number of nitrogens with zero attached hydrogens (tertiary/aromatic N) is 1. The normalized spacial score (nSPS) is 11.2. The van der Waals surface area contributed by atoms with Crippen LogP contribution in [0.3, 0.4) is 0 Å². The molecule has 0 aliphatic carbocycles. The fraction of sp³-hybridized carbons (Fsp3) is 0.200. The number of anilines is 1. The van der Waals surface area contributed by atoms with E-state index in [2.05, 4.69) is 13.0 Å². The molecule has 1 heterocycles. The molecule has 3 nitrogen and oxygen atoms in total. The molecule has 0 aliphatic heterocycles. The quantitative estimate of drug-likeness (QED) is 0.678. The van der Waals surface area contributed by atoms with Gasteiger partial charge in [-0.3, -0.25) is 0 Å². The number of benzene rings is 1. The van der Waals surface area contributed by atoms with Gasteiger partial charge in [0.15, 0.2) is 0 Å². The zero-order valence-corrected chi connectivity index (χ0v) is 11.8. The molecule has 0 spiro atoms. The number of aryl methyl sites for hydroxylation is 1. The Morgan fingerprint density at radius 1 is 1.37 bits per heavy atom. The predicted octanol–water partition coefficient (Wildman–Crippen LogP) is 3.98. The van der Waals surface area contributed by atoms with Crippen molar-refractivity contribution in [3.05, 3.63) is 52.4 Å². The van der Waals surface area contributed by atoms with Gasteiger partial charge in [-0.1, -0.05) is 30.7 Å². The van der Waals surface area contributed by atoms with E-state index in [1.165, 1.54) is 11.8 Å². The van der Waals surface area contributed by atoms with Crippen molar-refractivity contribution in [1.82, 2.24) is 0 Å². The van der Waals surface area contributed by atoms with Crippen LogP contribution in [0.15, 0.2) is 34.9 Å². The Morgan fingerprint density at radius 3 is 2.74 bits per heavy atom. The van der Waals surface area contributed by atoms with E-state index in [1.807, 2.05) is 31.3 Å². The molecule has 1 aromatic heterocycles. The molecule has 2 rings (SSSR count). The minimum absolute atomic E-state index is 0.597. The monoisotopic (exact) mass is 276 g/mol. The van der Waals surface area contributed by atoms with Crippen molar-refractivity contribution in [2.75, 3.05) is 12.1 Å². The van der Waals surface area contributed by atoms with Crippen molar-refractivity contribution in [2.24, 2.45) is 5.84 Å². The van der Waals surface area contributed by atoms with E-state index in [9.17, 15) is 0 Å². The van der Waals surface area contributed by atoms with E-state index in [1.54, 1.807) is 11.1 Å². The second-order valence-electron chi connectivity index (χ2n) is 4.32. The summed E-state index contributed by atoms with van der Waals surface area (Å²) in [6.07, 6.45) is 6.36. The molecule has 0 saturated heterocycles. The van der Waals surface area contributed by atoms with E-state index in [4.69, 9.17) is 21.9 Å². The van der Waals surface area contributed by atoms with Crippen LogP contribution < -0.4 is 10.9 Å². The third-order valence-electron chi connectivity index (χ3n) is 2.94. The largest absolute Gasteiger partial charge is 0.463 e. The maximum Gasteiger partial charge on any atom is 0.128 e. The van der Waals surface area contributed by atoms with Crippen molar-refractivity contribution < 1.29 is 4.42 Å². The van der Waals surface area contributed by atoms with Crippen molar-refractivity contribution in [3.63, 3.8) is 0 Å². The van der Waals surface area contributed by atoms with Gasteiger partial charge in [0, 0.05) is 18.7 Å². The lowest BCUT2D eigenvalue weighted by atomic mass is 10.0. The summed E-state index contributed by atoms with van der Waals surface area (Å²) in [4.78, 5) is 0. The third-order valence-corrected chi connectivity index (χ3v) is 3.13. The van der Waals surface area contributed by atoms with E-state index < -0.39 is 0 Å². The first-order chi connectivity index (χ1) is 9.11. The van der Waals surface area contributed by atoms with Gasteiger partial charge in [0.25, 0.3) is 0 Å². The lowest BCUT2D eigenvalue weighted by Gasteiger charge is -2.17. The van der Waals surface area contributed by atoms with Crippen LogP contribution in [0.5, 0.6) is 0 Å². The highest BCUT2D eigenvalue weighted by molar-refractivity contribution is 6.30. The molecule has 0 unspecified atom stereocenters. The molecule has 0 amide bonds. The van der Waals surface area contributed by atoms with Crippen molar-refractivity contribution in [1.29, 1.82) is 0 Å². The number of furan rings is 1. The number of rotatable bonds is 4. The van der Waals surface area contributed by atoms with Gasteiger partial charge in [0.05, 0.1) is 10.7 Å². The fourth-order valence-electron chi connectivity index (χ4n) is 1.99. The van der Waals surface area contributed by atoms with Gasteiger partial charge in [-0.05, 0) is 30.2 Å². The first-order valence-electron chi connectivity index (χ1n) is 6.14. The average molecular weight is 277 g/mol. The molecule has 2 aromatic rings. The third kappa shape index (κ3) is 3.19. The summed E-state index contributed by atoms with van der Waals surface area (Å²) in [5, 5.41) is 2.22. The number of hydrazine groups is 1. The summed E-state index contributed by atoms with van der Waals surface area (Å²) in [5.41, 5.74) is 3.32. The van der Waals surface area contributed by atoms with Crippen LogP contribution in [-0.4, -0.2) is 7.05 Å². The molecule has 0 bridgehead atoms. The lowest BCUT2D eigenvalue weighted by Crippen LogP contribution is -2.26. The van der Waals surface area contributed by atoms with Gasteiger partial charge in [0.1, 0.15) is 12.0 Å². The zero-order valence-electron chi connectivity index (χ0n) is 11.1. The highest BCUT2D eigenvalue weighted by Gasteiger charge is 2.06. The van der Waals surface area contributed by atoms with E-state index in [0.717, 1.165) is 23.4 Å². The van der Waals surface area contributed by atoms with Crippen LogP contribution in [-0.2, 0) is 6.42 Å². The van der Waals surface area contributed by atoms with Crippen LogP contribution in [0.2, 0.25) is 5.02 Å². The van der Waals surface area contributed by atoms with Gasteiger partial charge in [0.2, 0.25) is 0 Å². The highest BCUT2D eigenvalue weighted by Crippen LogP contribution is 2.25. The number of nitrogens with two attached hydrogens (primary N) is 1. The summed E-state index contributed by atoms with van der Waals surface area (Å²) in [5.74, 6) is 6.59. The van der Waals surface area contributed by atoms with E-state index in [0.29, 0.717) is 5.02 Å². The van der Waals surface area contributed by atoms with Crippen LogP contribution in [0, 0.1) is 0 Å². The van der Waals surface area contributed by atoms with E-state index >= 15 is 0 Å². The molecule has 0 radical (unpaired) electrons. The molecular formula is C15H17ClN2O. The standard InChI is InChI=1S/C15H17ClN2O/c1-3-11-5-4-6-15(18(2)17)14(11)8-7-13-9-12(16)10-19-13/h4-10H,3,17H2,1-2H3/b8-7+. The van der Waals surface area contributed by atoms with Crippen LogP contribution in [0.25, 0.3) is 12.2 Å². The number of hydrogen-bond acceptors (Lipinski definition) is 3. The maximum absolute atomic E-state index is 5.87. The lowest BCUT2D eigenvalue weighted by molar-refractivity contribution is 0.557. The molecule has 0 atom stereocenters. The molecule has 2 N–H and O–H groups in total. The molecule has 100 valence electrons. The van der Waals surface area contributed by atoms with Gasteiger partial charge in [-0.2, -0.15) is 0 Å². The Kier molecular flexibility index (Phi) is 4.30. The molecule has 19 heavy (non-hydrogen) atoms. The Morgan fingerprint density at radius 2 is 2.16 bits per heavy atom. The predicted molar refractivity (Wildman–Crippen MR) is 81.1 cm³/mol. The summed E-state index contributed by atoms with van der Waals surface area (Å²) < 4.78 is 5.30. The average Bonchev–Trinajstić information content (AvgIpc) is 2.81. The summed E-state index contributed by atoms with van der Waals surface area (Å²) in [6, 6.07) is 7.88. The summed E-state index contributed by atoms with van der Waals surface area (Å²) in [6.45, 7) is 2.12. The number of halogens is 1. The summed E-state index contributed by atoms with van der Waals surface area (Å²) >= 11 is 5.83. The Hall–Kier alpha value is -1.71. The van der Waals surface area contributed by atoms with Crippen LogP contribution in [0.4, 0.5) is 5.69 Å². The molecule has 0 aliphatic rings. The van der Waals surface area contributed by atoms with E-state index in [-0.39, 0.29) is 0 Å². The zero-order chi connectivity index (χ0) is 13.8. The topological polar surface area (TPSA) is 42.4 Å². The Balaban J connectivity index is 2.40. The SMILES string of the molecule is CCc1cccc(N(C)N)c1/C=C/c1cc(Cl)co1. The van der Waals surface area contributed by atoms with Gasteiger partial charge in [-0.25, -0.2) is 5.84 Å². The fourth-order valence-corrected chi connectivity index (χ4v) is 2.14. The molecule has 4 heteroatoms. The molecule has 1 aromatic carbocycles. The minimum Gasteiger partial charge on any atom is -0.463 e. The van der Waals surface area contributed by atoms with Gasteiger partial charge < -0.3 is 9.43 Å².